The van der Waals surface area contributed by atoms with Crippen molar-refractivity contribution in [3.63, 3.8) is 0 Å². The summed E-state index contributed by atoms with van der Waals surface area (Å²) in [7, 11) is 0. The summed E-state index contributed by atoms with van der Waals surface area (Å²) in [6.07, 6.45) is -1.25. The fraction of sp³-hybridized carbons (Fsp3) is 0.609. The zero-order chi connectivity index (χ0) is 25.5. The number of fused-ring (bicyclic) bond motifs is 1. The van der Waals surface area contributed by atoms with Gasteiger partial charge in [-0.1, -0.05) is 0 Å². The van der Waals surface area contributed by atoms with Gasteiger partial charge in [-0.05, 0) is 49.0 Å². The fourth-order valence-corrected chi connectivity index (χ4v) is 5.47. The van der Waals surface area contributed by atoms with Crippen LogP contribution in [-0.2, 0) is 6.54 Å². The second-order valence-electron chi connectivity index (χ2n) is 9.89. The van der Waals surface area contributed by atoms with E-state index in [1.807, 2.05) is 6.92 Å². The van der Waals surface area contributed by atoms with E-state index in [0.29, 0.717) is 18.6 Å². The summed E-state index contributed by atoms with van der Waals surface area (Å²) in [4.78, 5) is 21.5. The van der Waals surface area contributed by atoms with Crippen molar-refractivity contribution in [2.45, 2.75) is 44.3 Å². The Morgan fingerprint density at radius 1 is 1.14 bits per heavy atom. The quantitative estimate of drug-likeness (QED) is 0.433. The number of hydrogen-bond donors (Lipinski definition) is 0. The number of halogens is 3. The number of anilines is 1. The Balaban J connectivity index is 1.06. The van der Waals surface area contributed by atoms with Crippen molar-refractivity contribution in [3.8, 4) is 11.8 Å². The largest absolute Gasteiger partial charge is 0.573 e. The number of hydrogen-bond acceptors (Lipinski definition) is 8. The highest BCUT2D eigenvalue weighted by Gasteiger charge is 2.42. The minimum Gasteiger partial charge on any atom is -0.436 e. The SMILES string of the molecule is CC1(CN2CCN(C3CCN(c4ccc(OC(F)(F)F)cc4)CC3)CC2)Cn2cc([N+](=O)[O-])nc2O1. The van der Waals surface area contributed by atoms with Crippen molar-refractivity contribution in [3.05, 3.63) is 40.6 Å². The number of ether oxygens (including phenoxy) is 2. The average Bonchev–Trinajstić information content (AvgIpc) is 3.34. The molecule has 0 bridgehead atoms. The van der Waals surface area contributed by atoms with Crippen LogP contribution in [0.15, 0.2) is 30.5 Å². The summed E-state index contributed by atoms with van der Waals surface area (Å²) in [6.45, 7) is 8.74. The van der Waals surface area contributed by atoms with Gasteiger partial charge in [-0.2, -0.15) is 0 Å². The monoisotopic (exact) mass is 510 g/mol. The molecule has 10 nitrogen and oxygen atoms in total. The zero-order valence-electron chi connectivity index (χ0n) is 20.0. The summed E-state index contributed by atoms with van der Waals surface area (Å²) in [6, 6.07) is 6.86. The van der Waals surface area contributed by atoms with Gasteiger partial charge in [0.2, 0.25) is 0 Å². The number of piperazine rings is 1. The van der Waals surface area contributed by atoms with Gasteiger partial charge in [-0.3, -0.25) is 14.4 Å². The highest BCUT2D eigenvalue weighted by atomic mass is 19.4. The highest BCUT2D eigenvalue weighted by molar-refractivity contribution is 5.49. The van der Waals surface area contributed by atoms with Crippen LogP contribution in [0.25, 0.3) is 0 Å². The summed E-state index contributed by atoms with van der Waals surface area (Å²) in [5, 5.41) is 10.9. The molecule has 3 aliphatic rings. The van der Waals surface area contributed by atoms with Crippen molar-refractivity contribution in [1.82, 2.24) is 19.4 Å². The molecule has 0 aliphatic carbocycles. The van der Waals surface area contributed by atoms with Gasteiger partial charge in [0.25, 0.3) is 0 Å². The molecule has 5 rings (SSSR count). The summed E-state index contributed by atoms with van der Waals surface area (Å²) < 4.78 is 48.8. The van der Waals surface area contributed by atoms with E-state index < -0.39 is 16.9 Å². The second-order valence-corrected chi connectivity index (χ2v) is 9.89. The predicted octanol–water partition coefficient (Wildman–Crippen LogP) is 3.13. The molecule has 1 aromatic heterocycles. The van der Waals surface area contributed by atoms with E-state index in [2.05, 4.69) is 24.4 Å². The van der Waals surface area contributed by atoms with Crippen LogP contribution < -0.4 is 14.4 Å². The molecule has 0 saturated carbocycles. The van der Waals surface area contributed by atoms with E-state index in [9.17, 15) is 23.3 Å². The lowest BCUT2D eigenvalue weighted by atomic mass is 10.0. The maximum atomic E-state index is 12.4. The molecule has 2 aromatic rings. The van der Waals surface area contributed by atoms with Gasteiger partial charge >= 0.3 is 18.2 Å². The molecule has 0 spiro atoms. The van der Waals surface area contributed by atoms with Gasteiger partial charge < -0.3 is 24.5 Å². The Morgan fingerprint density at radius 2 is 1.81 bits per heavy atom. The lowest BCUT2D eigenvalue weighted by molar-refractivity contribution is -0.389. The third-order valence-electron chi connectivity index (χ3n) is 7.14. The Kier molecular flexibility index (Phi) is 6.45. The van der Waals surface area contributed by atoms with Gasteiger partial charge in [0.15, 0.2) is 0 Å². The van der Waals surface area contributed by atoms with Crippen LogP contribution in [0.5, 0.6) is 11.8 Å². The van der Waals surface area contributed by atoms with Crippen LogP contribution in [0.2, 0.25) is 0 Å². The van der Waals surface area contributed by atoms with Crippen LogP contribution in [0.4, 0.5) is 24.7 Å². The first kappa shape index (κ1) is 24.6. The van der Waals surface area contributed by atoms with Gasteiger partial charge in [0.05, 0.1) is 6.54 Å². The van der Waals surface area contributed by atoms with Crippen LogP contribution in [-0.4, -0.2) is 88.1 Å². The van der Waals surface area contributed by atoms with E-state index in [1.54, 1.807) is 16.7 Å². The van der Waals surface area contributed by atoms with E-state index in [-0.39, 0.29) is 11.6 Å². The van der Waals surface area contributed by atoms with Crippen LogP contribution in [0, 0.1) is 10.1 Å². The third kappa shape index (κ3) is 5.51. The number of imidazole rings is 1. The van der Waals surface area contributed by atoms with E-state index in [0.717, 1.165) is 64.3 Å². The van der Waals surface area contributed by atoms with Gasteiger partial charge in [0.1, 0.15) is 17.5 Å². The predicted molar refractivity (Wildman–Crippen MR) is 124 cm³/mol. The zero-order valence-corrected chi connectivity index (χ0v) is 20.0. The van der Waals surface area contributed by atoms with E-state index in [4.69, 9.17) is 4.74 Å². The number of aromatic nitrogens is 2. The van der Waals surface area contributed by atoms with Crippen molar-refractivity contribution < 1.29 is 27.6 Å². The molecular weight excluding hydrogens is 481 g/mol. The molecule has 0 N–H and O–H groups in total. The average molecular weight is 511 g/mol. The number of nitro groups is 1. The number of alkyl halides is 3. The Hall–Kier alpha value is -3.06. The minimum atomic E-state index is -4.68. The van der Waals surface area contributed by atoms with Crippen LogP contribution in [0.1, 0.15) is 19.8 Å². The third-order valence-corrected chi connectivity index (χ3v) is 7.14. The number of nitrogens with zero attached hydrogens (tertiary/aromatic N) is 6. The fourth-order valence-electron chi connectivity index (χ4n) is 5.47. The smallest absolute Gasteiger partial charge is 0.436 e. The molecule has 0 radical (unpaired) electrons. The molecular formula is C23H29F3N6O4. The maximum absolute atomic E-state index is 12.4. The van der Waals surface area contributed by atoms with E-state index >= 15 is 0 Å². The van der Waals surface area contributed by atoms with Crippen molar-refractivity contribution in [2.24, 2.45) is 0 Å². The lowest BCUT2D eigenvalue weighted by Crippen LogP contribution is -2.56. The topological polar surface area (TPSA) is 89.1 Å². The lowest BCUT2D eigenvalue weighted by Gasteiger charge is -2.44. The van der Waals surface area contributed by atoms with Crippen molar-refractivity contribution in [1.29, 1.82) is 0 Å². The molecule has 13 heteroatoms. The van der Waals surface area contributed by atoms with Crippen molar-refractivity contribution in [2.75, 3.05) is 50.7 Å². The highest BCUT2D eigenvalue weighted by Crippen LogP contribution is 2.32. The van der Waals surface area contributed by atoms with E-state index in [1.165, 1.54) is 18.3 Å². The molecule has 196 valence electrons. The van der Waals surface area contributed by atoms with Crippen LogP contribution >= 0.6 is 0 Å². The number of rotatable bonds is 6. The Labute approximate surface area is 206 Å². The first-order chi connectivity index (χ1) is 17.1. The number of benzene rings is 1. The molecule has 3 aliphatic heterocycles. The number of piperidine rings is 1. The normalized spacial score (nSPS) is 23.9. The first-order valence-corrected chi connectivity index (χ1v) is 12.0. The summed E-state index contributed by atoms with van der Waals surface area (Å²) in [5.41, 5.74) is 0.439. The standard InChI is InChI=1S/C23H29F3N6O4/c1-22(16-31-14-20(32(33)34)27-21(31)36-22)15-28-10-12-30(13-11-28)18-6-8-29(9-7-18)17-2-4-19(5-3-17)35-23(24,25)26/h2-5,14,18H,6-13,15-16H2,1H3. The second kappa shape index (κ2) is 9.43. The molecule has 1 atom stereocenters. The van der Waals surface area contributed by atoms with Gasteiger partial charge in [-0.25, -0.2) is 0 Å². The minimum absolute atomic E-state index is 0.195. The molecule has 4 heterocycles. The molecule has 1 aromatic carbocycles. The molecule has 2 fully saturated rings. The summed E-state index contributed by atoms with van der Waals surface area (Å²) in [5.74, 6) is -0.402. The van der Waals surface area contributed by atoms with Crippen LogP contribution in [0.3, 0.4) is 0 Å². The molecule has 2 saturated heterocycles. The molecule has 0 amide bonds. The maximum Gasteiger partial charge on any atom is 0.573 e. The van der Waals surface area contributed by atoms with Gasteiger partial charge in [-0.15, -0.1) is 13.2 Å². The Bertz CT molecular complexity index is 1050. The van der Waals surface area contributed by atoms with Gasteiger partial charge in [0, 0.05) is 62.5 Å². The Morgan fingerprint density at radius 3 is 2.39 bits per heavy atom. The molecule has 36 heavy (non-hydrogen) atoms. The first-order valence-electron chi connectivity index (χ1n) is 12.0. The molecule has 1 unspecified atom stereocenters. The summed E-state index contributed by atoms with van der Waals surface area (Å²) >= 11 is 0. The van der Waals surface area contributed by atoms with Crippen molar-refractivity contribution >= 4 is 11.5 Å².